The maximum atomic E-state index is 12.3. The zero-order chi connectivity index (χ0) is 16.4. The Balaban J connectivity index is 1.82. The van der Waals surface area contributed by atoms with Gasteiger partial charge in [0.15, 0.2) is 0 Å². The van der Waals surface area contributed by atoms with Crippen LogP contribution >= 0.6 is 0 Å². The Hall–Kier alpha value is -2.57. The standard InChI is InChI=1S/C16H20N6O/c1-10-8-18-13(9-17-10)15(23)21-14-11(2)19-16(20-12(14)3)22-6-4-5-7-22/h8-9H,4-7H2,1-3H3,(H,21,23). The van der Waals surface area contributed by atoms with E-state index in [1.165, 1.54) is 19.0 Å². The molecule has 1 N–H and O–H groups in total. The van der Waals surface area contributed by atoms with E-state index < -0.39 is 0 Å². The summed E-state index contributed by atoms with van der Waals surface area (Å²) in [6.07, 6.45) is 5.38. The van der Waals surface area contributed by atoms with E-state index in [1.54, 1.807) is 6.20 Å². The molecule has 2 aromatic heterocycles. The number of hydrogen-bond donors (Lipinski definition) is 1. The van der Waals surface area contributed by atoms with Gasteiger partial charge < -0.3 is 10.2 Å². The van der Waals surface area contributed by atoms with Crippen LogP contribution in [-0.2, 0) is 0 Å². The van der Waals surface area contributed by atoms with Gasteiger partial charge in [0.2, 0.25) is 5.95 Å². The molecule has 7 heteroatoms. The summed E-state index contributed by atoms with van der Waals surface area (Å²) in [5.74, 6) is 0.437. The van der Waals surface area contributed by atoms with Crippen LogP contribution in [0.3, 0.4) is 0 Å². The second kappa shape index (κ2) is 6.28. The topological polar surface area (TPSA) is 83.9 Å². The first-order valence-corrected chi connectivity index (χ1v) is 7.75. The molecule has 23 heavy (non-hydrogen) atoms. The number of aryl methyl sites for hydroxylation is 3. The molecule has 2 aromatic rings. The molecule has 1 fully saturated rings. The highest BCUT2D eigenvalue weighted by Crippen LogP contribution is 2.23. The Morgan fingerprint density at radius 1 is 1.04 bits per heavy atom. The van der Waals surface area contributed by atoms with Crippen LogP contribution in [0.1, 0.15) is 40.4 Å². The number of rotatable bonds is 3. The average molecular weight is 312 g/mol. The van der Waals surface area contributed by atoms with Crippen LogP contribution in [0.5, 0.6) is 0 Å². The first kappa shape index (κ1) is 15.3. The molecule has 1 amide bonds. The molecular weight excluding hydrogens is 292 g/mol. The number of carbonyl (C=O) groups excluding carboxylic acids is 1. The third-order valence-electron chi connectivity index (χ3n) is 3.90. The molecule has 0 bridgehead atoms. The van der Waals surface area contributed by atoms with Gasteiger partial charge >= 0.3 is 0 Å². The summed E-state index contributed by atoms with van der Waals surface area (Å²) in [5.41, 5.74) is 3.20. The molecule has 0 spiro atoms. The van der Waals surface area contributed by atoms with E-state index >= 15 is 0 Å². The third kappa shape index (κ3) is 3.28. The van der Waals surface area contributed by atoms with Gasteiger partial charge in [-0.1, -0.05) is 0 Å². The van der Waals surface area contributed by atoms with Crippen LogP contribution in [0.25, 0.3) is 0 Å². The molecule has 1 aliphatic rings. The highest BCUT2D eigenvalue weighted by molar-refractivity contribution is 6.03. The first-order chi connectivity index (χ1) is 11.0. The van der Waals surface area contributed by atoms with Gasteiger partial charge in [0.25, 0.3) is 5.91 Å². The largest absolute Gasteiger partial charge is 0.341 e. The van der Waals surface area contributed by atoms with Gasteiger partial charge in [0.1, 0.15) is 5.69 Å². The van der Waals surface area contributed by atoms with Crippen molar-refractivity contribution in [2.24, 2.45) is 0 Å². The molecule has 0 saturated carbocycles. The SMILES string of the molecule is Cc1cnc(C(=O)Nc2c(C)nc(N3CCCC3)nc2C)cn1. The van der Waals surface area contributed by atoms with Gasteiger partial charge in [-0.15, -0.1) is 0 Å². The van der Waals surface area contributed by atoms with Crippen LogP contribution in [0, 0.1) is 20.8 Å². The van der Waals surface area contributed by atoms with Crippen molar-refractivity contribution in [2.75, 3.05) is 23.3 Å². The predicted octanol–water partition coefficient (Wildman–Crippen LogP) is 2.04. The zero-order valence-electron chi connectivity index (χ0n) is 13.6. The minimum atomic E-state index is -0.304. The number of nitrogens with one attached hydrogen (secondary N) is 1. The smallest absolute Gasteiger partial charge is 0.275 e. The lowest BCUT2D eigenvalue weighted by Gasteiger charge is -2.18. The van der Waals surface area contributed by atoms with Crippen LogP contribution in [0.15, 0.2) is 12.4 Å². The van der Waals surface area contributed by atoms with E-state index in [-0.39, 0.29) is 11.6 Å². The fourth-order valence-corrected chi connectivity index (χ4v) is 2.63. The average Bonchev–Trinajstić information content (AvgIpc) is 3.05. The quantitative estimate of drug-likeness (QED) is 0.933. The van der Waals surface area contributed by atoms with Crippen LogP contribution in [-0.4, -0.2) is 38.9 Å². The number of carbonyl (C=O) groups is 1. The van der Waals surface area contributed by atoms with E-state index in [4.69, 9.17) is 0 Å². The maximum Gasteiger partial charge on any atom is 0.275 e. The van der Waals surface area contributed by atoms with Crippen LogP contribution in [0.4, 0.5) is 11.6 Å². The third-order valence-corrected chi connectivity index (χ3v) is 3.90. The predicted molar refractivity (Wildman–Crippen MR) is 87.7 cm³/mol. The van der Waals surface area contributed by atoms with Crippen molar-refractivity contribution in [3.8, 4) is 0 Å². The molecule has 0 aromatic carbocycles. The van der Waals surface area contributed by atoms with E-state index in [1.807, 2.05) is 20.8 Å². The van der Waals surface area contributed by atoms with Crippen molar-refractivity contribution in [3.63, 3.8) is 0 Å². The number of hydrogen-bond acceptors (Lipinski definition) is 6. The summed E-state index contributed by atoms with van der Waals surface area (Å²) in [7, 11) is 0. The van der Waals surface area contributed by atoms with Crippen molar-refractivity contribution in [2.45, 2.75) is 33.6 Å². The van der Waals surface area contributed by atoms with Crippen molar-refractivity contribution < 1.29 is 4.79 Å². The van der Waals surface area contributed by atoms with Crippen molar-refractivity contribution in [1.29, 1.82) is 0 Å². The molecule has 0 aliphatic carbocycles. The molecule has 3 rings (SSSR count). The van der Waals surface area contributed by atoms with Gasteiger partial charge in [-0.05, 0) is 33.6 Å². The van der Waals surface area contributed by atoms with E-state index in [0.29, 0.717) is 5.69 Å². The first-order valence-electron chi connectivity index (χ1n) is 7.75. The number of anilines is 2. The van der Waals surface area contributed by atoms with Gasteiger partial charge in [0.05, 0.1) is 29.0 Å². The van der Waals surface area contributed by atoms with Gasteiger partial charge in [-0.3, -0.25) is 9.78 Å². The normalized spacial score (nSPS) is 14.1. The lowest BCUT2D eigenvalue weighted by Crippen LogP contribution is -2.23. The highest BCUT2D eigenvalue weighted by Gasteiger charge is 2.19. The van der Waals surface area contributed by atoms with E-state index in [0.717, 1.165) is 36.1 Å². The molecule has 1 aliphatic heterocycles. The molecule has 0 radical (unpaired) electrons. The van der Waals surface area contributed by atoms with Crippen molar-refractivity contribution >= 4 is 17.5 Å². The van der Waals surface area contributed by atoms with E-state index in [2.05, 4.69) is 30.2 Å². The van der Waals surface area contributed by atoms with E-state index in [9.17, 15) is 4.79 Å². The number of aromatic nitrogens is 4. The van der Waals surface area contributed by atoms with Crippen LogP contribution < -0.4 is 10.2 Å². The summed E-state index contributed by atoms with van der Waals surface area (Å²) in [5, 5.41) is 2.85. The second-order valence-corrected chi connectivity index (χ2v) is 5.76. The molecule has 1 saturated heterocycles. The fourth-order valence-electron chi connectivity index (χ4n) is 2.63. The van der Waals surface area contributed by atoms with Crippen LogP contribution in [0.2, 0.25) is 0 Å². The molecule has 0 unspecified atom stereocenters. The molecule has 0 atom stereocenters. The Morgan fingerprint density at radius 2 is 1.70 bits per heavy atom. The minimum Gasteiger partial charge on any atom is -0.341 e. The lowest BCUT2D eigenvalue weighted by atomic mass is 10.2. The monoisotopic (exact) mass is 312 g/mol. The Morgan fingerprint density at radius 3 is 2.26 bits per heavy atom. The molecule has 7 nitrogen and oxygen atoms in total. The maximum absolute atomic E-state index is 12.3. The lowest BCUT2D eigenvalue weighted by molar-refractivity contribution is 0.102. The zero-order valence-corrected chi connectivity index (χ0v) is 13.6. The number of amides is 1. The Bertz CT molecular complexity index is 699. The molecule has 3 heterocycles. The summed E-state index contributed by atoms with van der Waals surface area (Å²) in [4.78, 5) is 31.7. The van der Waals surface area contributed by atoms with Gasteiger partial charge in [-0.2, -0.15) is 0 Å². The summed E-state index contributed by atoms with van der Waals surface area (Å²) in [6.45, 7) is 7.57. The highest BCUT2D eigenvalue weighted by atomic mass is 16.1. The fraction of sp³-hybridized carbons (Fsp3) is 0.438. The van der Waals surface area contributed by atoms with Crippen molar-refractivity contribution in [1.82, 2.24) is 19.9 Å². The Kier molecular flexibility index (Phi) is 4.18. The van der Waals surface area contributed by atoms with Gasteiger partial charge in [0, 0.05) is 19.3 Å². The summed E-state index contributed by atoms with van der Waals surface area (Å²) < 4.78 is 0. The second-order valence-electron chi connectivity index (χ2n) is 5.76. The summed E-state index contributed by atoms with van der Waals surface area (Å²) in [6, 6.07) is 0. The molecule has 120 valence electrons. The minimum absolute atomic E-state index is 0.276. The van der Waals surface area contributed by atoms with Gasteiger partial charge in [-0.25, -0.2) is 15.0 Å². The number of nitrogens with zero attached hydrogens (tertiary/aromatic N) is 5. The van der Waals surface area contributed by atoms with Crippen molar-refractivity contribution in [3.05, 3.63) is 35.2 Å². The molecular formula is C16H20N6O. The Labute approximate surface area is 135 Å². The summed E-state index contributed by atoms with van der Waals surface area (Å²) >= 11 is 0.